The van der Waals surface area contributed by atoms with Crippen LogP contribution in [0.3, 0.4) is 0 Å². The van der Waals surface area contributed by atoms with E-state index >= 15 is 0 Å². The summed E-state index contributed by atoms with van der Waals surface area (Å²) in [5.74, 6) is 0.695. The lowest BCUT2D eigenvalue weighted by Gasteiger charge is -2.08. The minimum Gasteiger partial charge on any atom is -0.365 e. The molecular formula is C18H15Cl2N7O. The number of halogens is 2. The molecule has 0 fully saturated rings. The first kappa shape index (κ1) is 18.3. The number of hydrogen-bond acceptors (Lipinski definition) is 5. The van der Waals surface area contributed by atoms with Crippen LogP contribution in [0.15, 0.2) is 48.8 Å². The zero-order chi connectivity index (χ0) is 19.7. The summed E-state index contributed by atoms with van der Waals surface area (Å²) in [7, 11) is 1.78. The second kappa shape index (κ2) is 7.49. The lowest BCUT2D eigenvalue weighted by atomic mass is 10.2. The van der Waals surface area contributed by atoms with E-state index < -0.39 is 0 Å². The summed E-state index contributed by atoms with van der Waals surface area (Å²) in [5, 5.41) is 15.5. The number of hydrogen-bond donors (Lipinski definition) is 2. The standard InChI is InChI=1S/C18H15Cl2N7O/c1-26-7-6-16(24-26)23-18(28)14-10-22-17-5-4-15(25-27(14)17)21-9-11-2-3-12(19)13(20)8-11/h2-8,10H,9H2,1H3,(H,21,25)(H,23,24,28). The molecule has 4 rings (SSSR count). The first-order valence-electron chi connectivity index (χ1n) is 8.33. The highest BCUT2D eigenvalue weighted by Gasteiger charge is 2.15. The van der Waals surface area contributed by atoms with E-state index in [1.54, 1.807) is 48.3 Å². The van der Waals surface area contributed by atoms with Gasteiger partial charge in [-0.05, 0) is 29.8 Å². The molecule has 0 aliphatic rings. The van der Waals surface area contributed by atoms with Crippen molar-refractivity contribution >= 4 is 46.4 Å². The Labute approximate surface area is 170 Å². The van der Waals surface area contributed by atoms with Crippen LogP contribution in [0, 0.1) is 0 Å². The lowest BCUT2D eigenvalue weighted by Crippen LogP contribution is -2.16. The molecule has 28 heavy (non-hydrogen) atoms. The van der Waals surface area contributed by atoms with Crippen LogP contribution in [0.1, 0.15) is 16.1 Å². The number of aryl methyl sites for hydroxylation is 1. The average molecular weight is 416 g/mol. The van der Waals surface area contributed by atoms with E-state index in [0.29, 0.717) is 39.6 Å². The number of anilines is 2. The highest BCUT2D eigenvalue weighted by molar-refractivity contribution is 6.42. The summed E-state index contributed by atoms with van der Waals surface area (Å²) in [6.07, 6.45) is 3.22. The topological polar surface area (TPSA) is 89.1 Å². The van der Waals surface area contributed by atoms with Gasteiger partial charge in [0.05, 0.1) is 16.2 Å². The first-order chi connectivity index (χ1) is 13.5. The van der Waals surface area contributed by atoms with E-state index in [1.165, 1.54) is 10.7 Å². The molecule has 1 aromatic carbocycles. The SMILES string of the molecule is Cn1ccc(NC(=O)c2cnc3ccc(NCc4ccc(Cl)c(Cl)c4)nn23)n1. The fourth-order valence-corrected chi connectivity index (χ4v) is 2.95. The molecule has 0 bridgehead atoms. The van der Waals surface area contributed by atoms with E-state index in [4.69, 9.17) is 23.2 Å². The molecule has 4 aromatic rings. The molecule has 0 radical (unpaired) electrons. The number of carbonyl (C=O) groups is 1. The zero-order valence-corrected chi connectivity index (χ0v) is 16.2. The van der Waals surface area contributed by atoms with Gasteiger partial charge in [-0.15, -0.1) is 5.10 Å². The predicted octanol–water partition coefficient (Wildman–Crippen LogP) is 3.63. The van der Waals surface area contributed by atoms with Crippen LogP contribution in [0.5, 0.6) is 0 Å². The molecule has 3 heterocycles. The first-order valence-corrected chi connectivity index (χ1v) is 9.09. The van der Waals surface area contributed by atoms with Gasteiger partial charge in [0, 0.05) is 25.9 Å². The maximum atomic E-state index is 12.5. The molecule has 1 amide bonds. The molecule has 0 saturated heterocycles. The van der Waals surface area contributed by atoms with E-state index in [-0.39, 0.29) is 5.91 Å². The number of carbonyl (C=O) groups excluding carboxylic acids is 1. The van der Waals surface area contributed by atoms with Crippen molar-refractivity contribution in [3.05, 3.63) is 70.1 Å². The number of benzene rings is 1. The number of nitrogens with zero attached hydrogens (tertiary/aromatic N) is 5. The summed E-state index contributed by atoms with van der Waals surface area (Å²) in [6, 6.07) is 10.7. The Balaban J connectivity index is 1.53. The number of nitrogens with one attached hydrogen (secondary N) is 2. The molecule has 8 nitrogen and oxygen atoms in total. The van der Waals surface area contributed by atoms with E-state index in [0.717, 1.165) is 5.56 Å². The summed E-state index contributed by atoms with van der Waals surface area (Å²) in [6.45, 7) is 0.500. The molecule has 0 saturated carbocycles. The summed E-state index contributed by atoms with van der Waals surface area (Å²) < 4.78 is 3.09. The molecule has 3 aromatic heterocycles. The number of fused-ring (bicyclic) bond motifs is 1. The van der Waals surface area contributed by atoms with Gasteiger partial charge in [-0.25, -0.2) is 9.50 Å². The van der Waals surface area contributed by atoms with Gasteiger partial charge >= 0.3 is 0 Å². The van der Waals surface area contributed by atoms with Crippen LogP contribution in [0.2, 0.25) is 10.0 Å². The van der Waals surface area contributed by atoms with Crippen molar-refractivity contribution in [1.29, 1.82) is 0 Å². The van der Waals surface area contributed by atoms with Crippen molar-refractivity contribution in [1.82, 2.24) is 24.4 Å². The molecule has 0 unspecified atom stereocenters. The van der Waals surface area contributed by atoms with Gasteiger partial charge in [0.15, 0.2) is 17.2 Å². The van der Waals surface area contributed by atoms with Crippen LogP contribution in [0.4, 0.5) is 11.6 Å². The quantitative estimate of drug-likeness (QED) is 0.519. The van der Waals surface area contributed by atoms with Crippen LogP contribution in [0.25, 0.3) is 5.65 Å². The average Bonchev–Trinajstić information content (AvgIpc) is 3.28. The molecule has 0 atom stereocenters. The summed E-state index contributed by atoms with van der Waals surface area (Å²) in [4.78, 5) is 16.8. The molecular weight excluding hydrogens is 401 g/mol. The van der Waals surface area contributed by atoms with Gasteiger partial charge < -0.3 is 10.6 Å². The molecule has 0 aliphatic heterocycles. The van der Waals surface area contributed by atoms with Crippen LogP contribution < -0.4 is 10.6 Å². The number of imidazole rings is 1. The molecule has 2 N–H and O–H groups in total. The summed E-state index contributed by atoms with van der Waals surface area (Å²) in [5.41, 5.74) is 1.82. The Bertz CT molecular complexity index is 1170. The van der Waals surface area contributed by atoms with Crippen molar-refractivity contribution in [3.8, 4) is 0 Å². The maximum Gasteiger partial charge on any atom is 0.277 e. The molecule has 0 aliphatic carbocycles. The second-order valence-corrected chi connectivity index (χ2v) is 6.88. The molecule has 10 heteroatoms. The Hall–Kier alpha value is -3.10. The van der Waals surface area contributed by atoms with Gasteiger partial charge in [-0.2, -0.15) is 5.10 Å². The van der Waals surface area contributed by atoms with Gasteiger partial charge in [0.25, 0.3) is 5.91 Å². The van der Waals surface area contributed by atoms with Crippen molar-refractivity contribution in [3.63, 3.8) is 0 Å². The van der Waals surface area contributed by atoms with E-state index in [9.17, 15) is 4.79 Å². The third kappa shape index (κ3) is 3.78. The van der Waals surface area contributed by atoms with Gasteiger partial charge in [-0.3, -0.25) is 9.48 Å². The summed E-state index contributed by atoms with van der Waals surface area (Å²) >= 11 is 12.0. The lowest BCUT2D eigenvalue weighted by molar-refractivity contribution is 0.102. The Morgan fingerprint density at radius 1 is 1.07 bits per heavy atom. The van der Waals surface area contributed by atoms with Gasteiger partial charge in [-0.1, -0.05) is 29.3 Å². The third-order valence-electron chi connectivity index (χ3n) is 4.01. The van der Waals surface area contributed by atoms with Crippen LogP contribution in [-0.4, -0.2) is 30.3 Å². The van der Waals surface area contributed by atoms with Crippen LogP contribution in [-0.2, 0) is 13.6 Å². The highest BCUT2D eigenvalue weighted by Crippen LogP contribution is 2.23. The molecule has 0 spiro atoms. The van der Waals surface area contributed by atoms with Crippen LogP contribution >= 0.6 is 23.2 Å². The largest absolute Gasteiger partial charge is 0.365 e. The Morgan fingerprint density at radius 3 is 2.68 bits per heavy atom. The third-order valence-corrected chi connectivity index (χ3v) is 4.75. The minimum absolute atomic E-state index is 0.304. The van der Waals surface area contributed by atoms with Crippen molar-refractivity contribution < 1.29 is 4.79 Å². The Morgan fingerprint density at radius 2 is 1.93 bits per heavy atom. The van der Waals surface area contributed by atoms with Gasteiger partial charge in [0.2, 0.25) is 0 Å². The fraction of sp³-hybridized carbons (Fsp3) is 0.111. The minimum atomic E-state index is -0.347. The van der Waals surface area contributed by atoms with Crippen molar-refractivity contribution in [2.24, 2.45) is 7.05 Å². The monoisotopic (exact) mass is 415 g/mol. The number of aromatic nitrogens is 5. The number of amides is 1. The van der Waals surface area contributed by atoms with Gasteiger partial charge in [0.1, 0.15) is 5.82 Å². The molecule has 142 valence electrons. The second-order valence-electron chi connectivity index (χ2n) is 6.06. The smallest absolute Gasteiger partial charge is 0.277 e. The highest BCUT2D eigenvalue weighted by atomic mass is 35.5. The van der Waals surface area contributed by atoms with E-state index in [1.807, 2.05) is 6.07 Å². The van der Waals surface area contributed by atoms with E-state index in [2.05, 4.69) is 25.8 Å². The number of rotatable bonds is 5. The maximum absolute atomic E-state index is 12.5. The predicted molar refractivity (Wildman–Crippen MR) is 108 cm³/mol. The fourth-order valence-electron chi connectivity index (χ4n) is 2.63. The van der Waals surface area contributed by atoms with Crippen molar-refractivity contribution in [2.75, 3.05) is 10.6 Å². The zero-order valence-electron chi connectivity index (χ0n) is 14.7. The normalized spacial score (nSPS) is 11.0. The van der Waals surface area contributed by atoms with Crippen molar-refractivity contribution in [2.45, 2.75) is 6.54 Å². The Kier molecular flexibility index (Phi) is 4.89.